The number of aromatic carboxylic acids is 1. The fourth-order valence-electron chi connectivity index (χ4n) is 2.02. The first kappa shape index (κ1) is 16.0. The average Bonchev–Trinajstić information content (AvgIpc) is 2.37. The topological polar surface area (TPSA) is 69.6 Å². The van der Waals surface area contributed by atoms with E-state index in [2.05, 4.69) is 5.32 Å². The molecule has 0 unspecified atom stereocenters. The number of urea groups is 1. The van der Waals surface area contributed by atoms with Crippen molar-refractivity contribution >= 4 is 17.7 Å². The molecule has 1 rings (SSSR count). The Morgan fingerprint density at radius 1 is 1.35 bits per heavy atom. The Bertz CT molecular complexity index is 498. The van der Waals surface area contributed by atoms with Gasteiger partial charge in [-0.25, -0.2) is 9.59 Å². The molecule has 0 aliphatic rings. The van der Waals surface area contributed by atoms with Gasteiger partial charge in [-0.3, -0.25) is 0 Å². The van der Waals surface area contributed by atoms with Crippen molar-refractivity contribution in [2.75, 3.05) is 11.9 Å². The third-order valence-corrected chi connectivity index (χ3v) is 3.15. The monoisotopic (exact) mass is 278 g/mol. The molecule has 1 aromatic carbocycles. The number of benzene rings is 1. The van der Waals surface area contributed by atoms with Crippen LogP contribution in [0.1, 0.15) is 43.1 Å². The van der Waals surface area contributed by atoms with Crippen molar-refractivity contribution < 1.29 is 14.7 Å². The van der Waals surface area contributed by atoms with E-state index >= 15 is 0 Å². The van der Waals surface area contributed by atoms with Crippen LogP contribution in [0.4, 0.5) is 10.5 Å². The van der Waals surface area contributed by atoms with Crippen LogP contribution in [-0.2, 0) is 0 Å². The van der Waals surface area contributed by atoms with Crippen LogP contribution in [0.15, 0.2) is 18.2 Å². The average molecular weight is 278 g/mol. The van der Waals surface area contributed by atoms with Crippen molar-refractivity contribution in [3.63, 3.8) is 0 Å². The maximum absolute atomic E-state index is 12.2. The van der Waals surface area contributed by atoms with Gasteiger partial charge in [0.2, 0.25) is 0 Å². The highest BCUT2D eigenvalue weighted by molar-refractivity contribution is 5.95. The molecule has 20 heavy (non-hydrogen) atoms. The summed E-state index contributed by atoms with van der Waals surface area (Å²) in [6.07, 6.45) is 0.875. The van der Waals surface area contributed by atoms with E-state index in [1.807, 2.05) is 20.8 Å². The zero-order chi connectivity index (χ0) is 15.3. The highest BCUT2D eigenvalue weighted by atomic mass is 16.4. The van der Waals surface area contributed by atoms with E-state index < -0.39 is 5.97 Å². The summed E-state index contributed by atoms with van der Waals surface area (Å²) in [7, 11) is 0. The predicted molar refractivity (Wildman–Crippen MR) is 79.3 cm³/mol. The second kappa shape index (κ2) is 6.93. The highest BCUT2D eigenvalue weighted by Gasteiger charge is 2.18. The van der Waals surface area contributed by atoms with Gasteiger partial charge in [0.25, 0.3) is 0 Å². The third-order valence-electron chi connectivity index (χ3n) is 3.15. The lowest BCUT2D eigenvalue weighted by molar-refractivity contribution is 0.0696. The van der Waals surface area contributed by atoms with Crippen LogP contribution in [0.3, 0.4) is 0 Å². The number of amides is 2. The molecule has 0 aliphatic heterocycles. The molecule has 0 fully saturated rings. The second-order valence-electron chi connectivity index (χ2n) is 5.00. The molecule has 0 saturated carbocycles. The molecular weight excluding hydrogens is 256 g/mol. The number of nitrogens with zero attached hydrogens (tertiary/aromatic N) is 1. The number of hydrogen-bond acceptors (Lipinski definition) is 2. The minimum Gasteiger partial charge on any atom is -0.478 e. The van der Waals surface area contributed by atoms with E-state index in [0.29, 0.717) is 17.8 Å². The van der Waals surface area contributed by atoms with Gasteiger partial charge in [-0.2, -0.15) is 0 Å². The Hall–Kier alpha value is -2.04. The van der Waals surface area contributed by atoms with E-state index in [4.69, 9.17) is 5.11 Å². The number of carboxylic acid groups (broad SMARTS) is 1. The maximum Gasteiger partial charge on any atom is 0.336 e. The number of nitrogens with one attached hydrogen (secondary N) is 1. The van der Waals surface area contributed by atoms with E-state index in [-0.39, 0.29) is 17.6 Å². The summed E-state index contributed by atoms with van der Waals surface area (Å²) in [5.74, 6) is -0.993. The third kappa shape index (κ3) is 3.73. The van der Waals surface area contributed by atoms with Crippen molar-refractivity contribution in [1.29, 1.82) is 0 Å². The molecule has 0 bridgehead atoms. The summed E-state index contributed by atoms with van der Waals surface area (Å²) in [4.78, 5) is 25.1. The first-order valence-electron chi connectivity index (χ1n) is 6.79. The van der Waals surface area contributed by atoms with E-state index in [1.54, 1.807) is 24.0 Å². The Morgan fingerprint density at radius 2 is 2.00 bits per heavy atom. The smallest absolute Gasteiger partial charge is 0.336 e. The van der Waals surface area contributed by atoms with E-state index in [0.717, 1.165) is 6.42 Å². The van der Waals surface area contributed by atoms with Gasteiger partial charge in [0.15, 0.2) is 0 Å². The van der Waals surface area contributed by atoms with Gasteiger partial charge < -0.3 is 15.3 Å². The minimum atomic E-state index is -0.993. The number of hydrogen-bond donors (Lipinski definition) is 2. The fraction of sp³-hybridized carbons (Fsp3) is 0.467. The summed E-state index contributed by atoms with van der Waals surface area (Å²) >= 11 is 0. The largest absolute Gasteiger partial charge is 0.478 e. The van der Waals surface area contributed by atoms with Crippen molar-refractivity contribution in [2.24, 2.45) is 0 Å². The standard InChI is InChI=1S/C15H22N2O3/c1-5-9-17(10(2)3)15(20)16-13-8-6-7-12(11(13)4)14(18)19/h6-8,10H,5,9H2,1-4H3,(H,16,20)(H,18,19). The molecule has 0 radical (unpaired) electrons. The number of anilines is 1. The molecular formula is C15H22N2O3. The summed E-state index contributed by atoms with van der Waals surface area (Å²) in [6, 6.07) is 4.76. The molecule has 110 valence electrons. The van der Waals surface area contributed by atoms with Crippen molar-refractivity contribution in [2.45, 2.75) is 40.2 Å². The van der Waals surface area contributed by atoms with Crippen LogP contribution in [0, 0.1) is 6.92 Å². The fourth-order valence-corrected chi connectivity index (χ4v) is 2.02. The van der Waals surface area contributed by atoms with Crippen LogP contribution in [0.5, 0.6) is 0 Å². The molecule has 0 saturated heterocycles. The molecule has 1 aromatic rings. The lowest BCUT2D eigenvalue weighted by Crippen LogP contribution is -2.40. The van der Waals surface area contributed by atoms with Gasteiger partial charge >= 0.3 is 12.0 Å². The van der Waals surface area contributed by atoms with Gasteiger partial charge in [0.05, 0.1) is 5.56 Å². The van der Waals surface area contributed by atoms with E-state index in [1.165, 1.54) is 6.07 Å². The van der Waals surface area contributed by atoms with Crippen molar-refractivity contribution in [1.82, 2.24) is 4.90 Å². The van der Waals surface area contributed by atoms with Gasteiger partial charge in [0.1, 0.15) is 0 Å². The highest BCUT2D eigenvalue weighted by Crippen LogP contribution is 2.19. The van der Waals surface area contributed by atoms with Crippen LogP contribution in [0.25, 0.3) is 0 Å². The minimum absolute atomic E-state index is 0.0953. The first-order chi connectivity index (χ1) is 9.38. The molecule has 5 heteroatoms. The Labute approximate surface area is 119 Å². The number of carboxylic acids is 1. The lowest BCUT2D eigenvalue weighted by atomic mass is 10.1. The molecule has 0 heterocycles. The number of carbonyl (C=O) groups excluding carboxylic acids is 1. The summed E-state index contributed by atoms with van der Waals surface area (Å²) in [5, 5.41) is 11.9. The van der Waals surface area contributed by atoms with E-state index in [9.17, 15) is 9.59 Å². The molecule has 0 spiro atoms. The zero-order valence-electron chi connectivity index (χ0n) is 12.4. The maximum atomic E-state index is 12.2. The Kier molecular flexibility index (Phi) is 5.55. The molecule has 0 aromatic heterocycles. The van der Waals surface area contributed by atoms with Gasteiger partial charge in [0, 0.05) is 18.3 Å². The summed E-state index contributed by atoms with van der Waals surface area (Å²) in [6.45, 7) is 8.28. The van der Waals surface area contributed by atoms with Crippen molar-refractivity contribution in [3.05, 3.63) is 29.3 Å². The molecule has 0 atom stereocenters. The Morgan fingerprint density at radius 3 is 2.50 bits per heavy atom. The van der Waals surface area contributed by atoms with Gasteiger partial charge in [-0.05, 0) is 44.9 Å². The van der Waals surface area contributed by atoms with Crippen LogP contribution < -0.4 is 5.32 Å². The SMILES string of the molecule is CCCN(C(=O)Nc1cccc(C(=O)O)c1C)C(C)C. The van der Waals surface area contributed by atoms with Crippen LogP contribution in [-0.4, -0.2) is 34.6 Å². The van der Waals surface area contributed by atoms with Crippen molar-refractivity contribution in [3.8, 4) is 0 Å². The number of rotatable bonds is 5. The molecule has 5 nitrogen and oxygen atoms in total. The second-order valence-corrected chi connectivity index (χ2v) is 5.00. The molecule has 2 amide bonds. The molecule has 2 N–H and O–H groups in total. The quantitative estimate of drug-likeness (QED) is 0.867. The Balaban J connectivity index is 2.95. The first-order valence-corrected chi connectivity index (χ1v) is 6.79. The lowest BCUT2D eigenvalue weighted by Gasteiger charge is -2.27. The summed E-state index contributed by atoms with van der Waals surface area (Å²) < 4.78 is 0. The molecule has 0 aliphatic carbocycles. The summed E-state index contributed by atoms with van der Waals surface area (Å²) in [5.41, 5.74) is 1.31. The van der Waals surface area contributed by atoms with Gasteiger partial charge in [-0.15, -0.1) is 0 Å². The van der Waals surface area contributed by atoms with Crippen LogP contribution >= 0.6 is 0 Å². The van der Waals surface area contributed by atoms with Crippen LogP contribution in [0.2, 0.25) is 0 Å². The normalized spacial score (nSPS) is 10.4. The zero-order valence-corrected chi connectivity index (χ0v) is 12.4. The van der Waals surface area contributed by atoms with Gasteiger partial charge in [-0.1, -0.05) is 13.0 Å². The number of carbonyl (C=O) groups is 2. The predicted octanol–water partition coefficient (Wildman–Crippen LogP) is 3.35.